The lowest BCUT2D eigenvalue weighted by molar-refractivity contribution is 0.0556. The second-order valence-corrected chi connectivity index (χ2v) is 9.73. The molecule has 0 bridgehead atoms. The zero-order chi connectivity index (χ0) is 24.6. The Morgan fingerprint density at radius 2 is 1.60 bits per heavy atom. The summed E-state index contributed by atoms with van der Waals surface area (Å²) in [5.41, 5.74) is 1.63. The van der Waals surface area contributed by atoms with Gasteiger partial charge in [0.2, 0.25) is 0 Å². The van der Waals surface area contributed by atoms with Gasteiger partial charge in [-0.1, -0.05) is 12.1 Å². The summed E-state index contributed by atoms with van der Waals surface area (Å²) in [4.78, 5) is 44.3. The molecule has 5 rings (SSSR count). The Balaban J connectivity index is 1.21. The van der Waals surface area contributed by atoms with Crippen molar-refractivity contribution in [3.63, 3.8) is 0 Å². The Labute approximate surface area is 205 Å². The lowest BCUT2D eigenvalue weighted by Gasteiger charge is -2.40. The van der Waals surface area contributed by atoms with Crippen LogP contribution in [-0.2, 0) is 0 Å². The van der Waals surface area contributed by atoms with Gasteiger partial charge < -0.3 is 19.3 Å². The maximum Gasteiger partial charge on any atom is 0.261 e. The van der Waals surface area contributed by atoms with Crippen molar-refractivity contribution in [3.05, 3.63) is 59.2 Å². The summed E-state index contributed by atoms with van der Waals surface area (Å²) in [6.07, 6.45) is 3.07. The summed E-state index contributed by atoms with van der Waals surface area (Å²) in [5.74, 6) is 0.743. The molecule has 3 aliphatic heterocycles. The number of piperidine rings is 1. The van der Waals surface area contributed by atoms with Gasteiger partial charge in [0.25, 0.3) is 17.7 Å². The summed E-state index contributed by atoms with van der Waals surface area (Å²) in [5, 5.41) is 0. The van der Waals surface area contributed by atoms with Crippen LogP contribution in [0.15, 0.2) is 42.5 Å². The Kier molecular flexibility index (Phi) is 6.23. The maximum absolute atomic E-state index is 13.2. The molecule has 35 heavy (non-hydrogen) atoms. The highest BCUT2D eigenvalue weighted by Crippen LogP contribution is 2.40. The first-order valence-corrected chi connectivity index (χ1v) is 12.1. The number of likely N-dealkylation sites (tertiary alicyclic amines) is 2. The van der Waals surface area contributed by atoms with E-state index in [1.165, 1.54) is 4.90 Å². The average Bonchev–Trinajstić information content (AvgIpc) is 3.40. The zero-order valence-electron chi connectivity index (χ0n) is 20.3. The topological polar surface area (TPSA) is 79.4 Å². The number of rotatable bonds is 6. The monoisotopic (exact) mass is 477 g/mol. The van der Waals surface area contributed by atoms with Crippen molar-refractivity contribution in [1.82, 2.24) is 14.7 Å². The molecule has 2 aromatic rings. The van der Waals surface area contributed by atoms with Crippen LogP contribution in [0, 0.1) is 5.41 Å². The van der Waals surface area contributed by atoms with Crippen LogP contribution < -0.4 is 9.47 Å². The molecule has 2 fully saturated rings. The second-order valence-electron chi connectivity index (χ2n) is 9.73. The molecule has 0 radical (unpaired) electrons. The third-order valence-corrected chi connectivity index (χ3v) is 7.61. The van der Waals surface area contributed by atoms with E-state index in [2.05, 4.69) is 4.90 Å². The number of methoxy groups -OCH3 is 2. The van der Waals surface area contributed by atoms with Gasteiger partial charge in [-0.2, -0.15) is 0 Å². The van der Waals surface area contributed by atoms with Gasteiger partial charge in [0.1, 0.15) is 0 Å². The van der Waals surface area contributed by atoms with Gasteiger partial charge in [0, 0.05) is 43.7 Å². The van der Waals surface area contributed by atoms with Crippen molar-refractivity contribution in [2.75, 3.05) is 53.5 Å². The molecule has 0 aromatic heterocycles. The van der Waals surface area contributed by atoms with Crippen LogP contribution in [0.1, 0.15) is 50.3 Å². The van der Waals surface area contributed by atoms with E-state index in [0.29, 0.717) is 47.8 Å². The first-order chi connectivity index (χ1) is 16.9. The predicted octanol–water partition coefficient (Wildman–Crippen LogP) is 2.93. The molecule has 1 atom stereocenters. The van der Waals surface area contributed by atoms with Gasteiger partial charge in [0.05, 0.1) is 25.3 Å². The van der Waals surface area contributed by atoms with Crippen molar-refractivity contribution in [2.24, 2.45) is 5.41 Å². The van der Waals surface area contributed by atoms with Gasteiger partial charge in [-0.3, -0.25) is 19.3 Å². The Hall–Kier alpha value is -3.39. The largest absolute Gasteiger partial charge is 0.493 e. The molecular formula is C27H31N3O5. The second kappa shape index (κ2) is 9.34. The third-order valence-electron chi connectivity index (χ3n) is 7.61. The van der Waals surface area contributed by atoms with Crippen molar-refractivity contribution in [1.29, 1.82) is 0 Å². The molecular weight excluding hydrogens is 446 g/mol. The quantitative estimate of drug-likeness (QED) is 0.596. The van der Waals surface area contributed by atoms with Crippen molar-refractivity contribution >= 4 is 17.7 Å². The number of amides is 3. The molecule has 2 aromatic carbocycles. The minimum atomic E-state index is -0.204. The van der Waals surface area contributed by atoms with Gasteiger partial charge in [-0.25, -0.2) is 0 Å². The molecule has 1 spiro atoms. The van der Waals surface area contributed by atoms with Crippen LogP contribution >= 0.6 is 0 Å². The summed E-state index contributed by atoms with van der Waals surface area (Å²) in [6.45, 7) is 4.27. The Morgan fingerprint density at radius 3 is 2.29 bits per heavy atom. The van der Waals surface area contributed by atoms with E-state index < -0.39 is 0 Å². The number of carbonyl (C=O) groups is 3. The van der Waals surface area contributed by atoms with Crippen molar-refractivity contribution in [3.8, 4) is 11.5 Å². The van der Waals surface area contributed by atoms with E-state index in [-0.39, 0.29) is 23.1 Å². The van der Waals surface area contributed by atoms with Gasteiger partial charge in [-0.15, -0.1) is 0 Å². The number of hydrogen-bond donors (Lipinski definition) is 0. The summed E-state index contributed by atoms with van der Waals surface area (Å²) in [6, 6.07) is 12.3. The number of hydrogen-bond acceptors (Lipinski definition) is 6. The fraction of sp³-hybridized carbons (Fsp3) is 0.444. The van der Waals surface area contributed by atoms with E-state index in [1.54, 1.807) is 56.7 Å². The molecule has 3 amide bonds. The summed E-state index contributed by atoms with van der Waals surface area (Å²) in [7, 11) is 3.14. The Morgan fingerprint density at radius 1 is 0.886 bits per heavy atom. The lowest BCUT2D eigenvalue weighted by Crippen LogP contribution is -2.48. The smallest absolute Gasteiger partial charge is 0.261 e. The first-order valence-electron chi connectivity index (χ1n) is 12.1. The molecule has 3 heterocycles. The van der Waals surface area contributed by atoms with Gasteiger partial charge in [-0.05, 0) is 56.1 Å². The van der Waals surface area contributed by atoms with E-state index in [0.717, 1.165) is 38.9 Å². The highest BCUT2D eigenvalue weighted by Gasteiger charge is 2.43. The molecule has 0 saturated carbocycles. The standard InChI is InChI=1S/C27H31N3O5/c1-34-22-9-8-19(16-23(22)35-2)24(31)29-13-11-27(18-29)10-5-12-28(17-27)14-15-30-25(32)20-6-3-4-7-21(20)26(30)33/h3-4,6-9,16H,5,10-15,17-18H2,1-2H3. The third kappa shape index (κ3) is 4.27. The van der Waals surface area contributed by atoms with Crippen LogP contribution in [0.2, 0.25) is 0 Å². The molecule has 8 heteroatoms. The minimum Gasteiger partial charge on any atom is -0.493 e. The van der Waals surface area contributed by atoms with Crippen LogP contribution in [0.3, 0.4) is 0 Å². The van der Waals surface area contributed by atoms with Gasteiger partial charge >= 0.3 is 0 Å². The minimum absolute atomic E-state index is 0.00553. The molecule has 2 saturated heterocycles. The van der Waals surface area contributed by atoms with E-state index in [1.807, 2.05) is 4.90 Å². The fourth-order valence-corrected chi connectivity index (χ4v) is 5.78. The average molecular weight is 478 g/mol. The predicted molar refractivity (Wildman–Crippen MR) is 130 cm³/mol. The molecule has 3 aliphatic rings. The highest BCUT2D eigenvalue weighted by atomic mass is 16.5. The maximum atomic E-state index is 13.2. The van der Waals surface area contributed by atoms with Crippen LogP contribution in [0.5, 0.6) is 11.5 Å². The normalized spacial score (nSPS) is 22.1. The van der Waals surface area contributed by atoms with E-state index in [9.17, 15) is 14.4 Å². The number of benzene rings is 2. The van der Waals surface area contributed by atoms with Crippen LogP contribution in [0.25, 0.3) is 0 Å². The summed E-state index contributed by atoms with van der Waals surface area (Å²) < 4.78 is 10.7. The molecule has 0 N–H and O–H groups in total. The zero-order valence-corrected chi connectivity index (χ0v) is 20.3. The highest BCUT2D eigenvalue weighted by molar-refractivity contribution is 6.21. The summed E-state index contributed by atoms with van der Waals surface area (Å²) >= 11 is 0. The number of fused-ring (bicyclic) bond motifs is 1. The Bertz CT molecular complexity index is 1130. The number of nitrogens with zero attached hydrogens (tertiary/aromatic N) is 3. The SMILES string of the molecule is COc1ccc(C(=O)N2CCC3(CCCN(CCN4C(=O)c5ccccc5C4=O)C3)C2)cc1OC. The van der Waals surface area contributed by atoms with E-state index >= 15 is 0 Å². The molecule has 1 unspecified atom stereocenters. The van der Waals surface area contributed by atoms with Crippen LogP contribution in [-0.4, -0.2) is 85.9 Å². The first kappa shape index (κ1) is 23.4. The van der Waals surface area contributed by atoms with Crippen molar-refractivity contribution < 1.29 is 23.9 Å². The molecule has 0 aliphatic carbocycles. The van der Waals surface area contributed by atoms with Crippen LogP contribution in [0.4, 0.5) is 0 Å². The van der Waals surface area contributed by atoms with Crippen molar-refractivity contribution in [2.45, 2.75) is 19.3 Å². The lowest BCUT2D eigenvalue weighted by atomic mass is 9.79. The number of ether oxygens (including phenoxy) is 2. The number of imide groups is 1. The molecule has 184 valence electrons. The molecule has 8 nitrogen and oxygen atoms in total. The number of carbonyl (C=O) groups excluding carboxylic acids is 3. The van der Waals surface area contributed by atoms with E-state index in [4.69, 9.17) is 9.47 Å². The fourth-order valence-electron chi connectivity index (χ4n) is 5.78. The van der Waals surface area contributed by atoms with Gasteiger partial charge in [0.15, 0.2) is 11.5 Å².